The second-order valence-electron chi connectivity index (χ2n) is 5.97. The maximum absolute atomic E-state index is 12.4. The molecule has 0 saturated carbocycles. The Bertz CT molecular complexity index is 1060. The topological polar surface area (TPSA) is 56.1 Å². The third-order valence-electron chi connectivity index (χ3n) is 4.46. The molecule has 1 aliphatic heterocycles. The number of thiol groups is 1. The van der Waals surface area contributed by atoms with Crippen LogP contribution in [-0.4, -0.2) is 5.91 Å². The molecule has 0 aromatic heterocycles. The molecule has 1 amide bonds. The van der Waals surface area contributed by atoms with Crippen LogP contribution < -0.4 is 10.2 Å². The average molecular weight is 357 g/mol. The molecule has 4 nitrogen and oxygen atoms in total. The predicted octanol–water partition coefficient (Wildman–Crippen LogP) is 4.14. The second-order valence-corrected chi connectivity index (χ2v) is 6.39. The third-order valence-corrected chi connectivity index (χ3v) is 4.90. The lowest BCUT2D eigenvalue weighted by Crippen LogP contribution is -2.46. The minimum absolute atomic E-state index is 0.00782. The maximum atomic E-state index is 12.4. The summed E-state index contributed by atoms with van der Waals surface area (Å²) in [5.74, 6) is -0.414. The SMILES string of the molecule is N#CC1=C(S)N(c2cccc3ccccc23)[C@@H](c2ccccc2)NC1=O. The van der Waals surface area contributed by atoms with E-state index in [-0.39, 0.29) is 5.57 Å². The number of nitrogens with zero attached hydrogens (tertiary/aromatic N) is 2. The predicted molar refractivity (Wildman–Crippen MR) is 105 cm³/mol. The lowest BCUT2D eigenvalue weighted by Gasteiger charge is -2.38. The fourth-order valence-corrected chi connectivity index (χ4v) is 3.62. The van der Waals surface area contributed by atoms with Gasteiger partial charge in [-0.3, -0.25) is 4.79 Å². The maximum Gasteiger partial charge on any atom is 0.266 e. The summed E-state index contributed by atoms with van der Waals surface area (Å²) in [6.07, 6.45) is -0.445. The molecule has 1 aliphatic rings. The van der Waals surface area contributed by atoms with Crippen LogP contribution >= 0.6 is 12.6 Å². The van der Waals surface area contributed by atoms with Crippen molar-refractivity contribution in [3.63, 3.8) is 0 Å². The van der Waals surface area contributed by atoms with E-state index in [2.05, 4.69) is 17.9 Å². The van der Waals surface area contributed by atoms with E-state index in [4.69, 9.17) is 0 Å². The first-order valence-electron chi connectivity index (χ1n) is 8.17. The molecule has 0 bridgehead atoms. The number of hydrogen-bond donors (Lipinski definition) is 2. The Kier molecular flexibility index (Phi) is 4.11. The van der Waals surface area contributed by atoms with E-state index >= 15 is 0 Å². The Morgan fingerprint density at radius 3 is 2.42 bits per heavy atom. The molecule has 0 fully saturated rings. The van der Waals surface area contributed by atoms with Crippen molar-refractivity contribution in [3.8, 4) is 6.07 Å². The zero-order valence-corrected chi connectivity index (χ0v) is 14.6. The van der Waals surface area contributed by atoms with Crippen LogP contribution in [-0.2, 0) is 4.79 Å². The van der Waals surface area contributed by atoms with Crippen molar-refractivity contribution in [2.24, 2.45) is 0 Å². The van der Waals surface area contributed by atoms with E-state index in [0.29, 0.717) is 5.03 Å². The normalized spacial score (nSPS) is 17.2. The Labute approximate surface area is 156 Å². The molecule has 1 N–H and O–H groups in total. The first-order chi connectivity index (χ1) is 12.7. The van der Waals surface area contributed by atoms with Crippen molar-refractivity contribution in [1.82, 2.24) is 5.32 Å². The molecule has 0 radical (unpaired) electrons. The van der Waals surface area contributed by atoms with Crippen LogP contribution in [0.3, 0.4) is 0 Å². The van der Waals surface area contributed by atoms with Crippen molar-refractivity contribution in [2.45, 2.75) is 6.17 Å². The summed E-state index contributed by atoms with van der Waals surface area (Å²) in [4.78, 5) is 14.3. The smallest absolute Gasteiger partial charge is 0.266 e. The highest BCUT2D eigenvalue weighted by molar-refractivity contribution is 7.84. The standard InChI is InChI=1S/C21H15N3OS/c22-13-17-20(25)23-19(15-8-2-1-3-9-15)24(21(17)26)18-12-6-10-14-7-4-5-11-16(14)18/h1-12,19,26H,(H,23,25)/t19-/m0/s1. The molecule has 0 aliphatic carbocycles. The number of nitriles is 1. The zero-order chi connectivity index (χ0) is 18.1. The van der Waals surface area contributed by atoms with Crippen LogP contribution in [0.15, 0.2) is 83.4 Å². The molecule has 1 atom stereocenters. The fraction of sp³-hybridized carbons (Fsp3) is 0.0476. The van der Waals surface area contributed by atoms with E-state index in [0.717, 1.165) is 22.0 Å². The van der Waals surface area contributed by atoms with Crippen molar-refractivity contribution >= 4 is 35.0 Å². The van der Waals surface area contributed by atoms with E-state index in [1.165, 1.54) is 0 Å². The molecule has 4 rings (SSSR count). The summed E-state index contributed by atoms with van der Waals surface area (Å²) in [6.45, 7) is 0. The van der Waals surface area contributed by atoms with E-state index in [1.807, 2.05) is 83.8 Å². The summed E-state index contributed by atoms with van der Waals surface area (Å²) < 4.78 is 0. The molecular weight excluding hydrogens is 342 g/mol. The fourth-order valence-electron chi connectivity index (χ4n) is 3.25. The molecular formula is C21H15N3OS. The van der Waals surface area contributed by atoms with Gasteiger partial charge in [0, 0.05) is 5.39 Å². The first kappa shape index (κ1) is 16.2. The van der Waals surface area contributed by atoms with Gasteiger partial charge in [-0.1, -0.05) is 66.7 Å². The highest BCUT2D eigenvalue weighted by Crippen LogP contribution is 2.39. The number of fused-ring (bicyclic) bond motifs is 1. The summed E-state index contributed by atoms with van der Waals surface area (Å²) in [5, 5.41) is 14.8. The van der Waals surface area contributed by atoms with E-state index < -0.39 is 12.1 Å². The molecule has 3 aromatic rings. The van der Waals surface area contributed by atoms with Crippen LogP contribution in [0.4, 0.5) is 5.69 Å². The number of carbonyl (C=O) groups excluding carboxylic acids is 1. The van der Waals surface area contributed by atoms with E-state index in [1.54, 1.807) is 0 Å². The monoisotopic (exact) mass is 357 g/mol. The quantitative estimate of drug-likeness (QED) is 0.678. The van der Waals surface area contributed by atoms with Crippen molar-refractivity contribution in [3.05, 3.63) is 89.0 Å². The van der Waals surface area contributed by atoms with Crippen molar-refractivity contribution < 1.29 is 4.79 Å². The highest BCUT2D eigenvalue weighted by Gasteiger charge is 2.34. The largest absolute Gasteiger partial charge is 0.327 e. The lowest BCUT2D eigenvalue weighted by atomic mass is 10.0. The Balaban J connectivity index is 1.98. The number of nitrogens with one attached hydrogen (secondary N) is 1. The van der Waals surface area contributed by atoms with Crippen LogP contribution in [0.25, 0.3) is 10.8 Å². The molecule has 126 valence electrons. The Morgan fingerprint density at radius 2 is 1.65 bits per heavy atom. The van der Waals surface area contributed by atoms with Gasteiger partial charge in [0.25, 0.3) is 5.91 Å². The van der Waals surface area contributed by atoms with Gasteiger partial charge in [-0.05, 0) is 17.0 Å². The van der Waals surface area contributed by atoms with Gasteiger partial charge < -0.3 is 10.2 Å². The average Bonchev–Trinajstić information content (AvgIpc) is 2.68. The van der Waals surface area contributed by atoms with Gasteiger partial charge in [0.2, 0.25) is 0 Å². The highest BCUT2D eigenvalue weighted by atomic mass is 32.1. The Morgan fingerprint density at radius 1 is 0.962 bits per heavy atom. The van der Waals surface area contributed by atoms with Crippen LogP contribution in [0, 0.1) is 11.3 Å². The summed E-state index contributed by atoms with van der Waals surface area (Å²) >= 11 is 4.56. The van der Waals surface area contributed by atoms with Gasteiger partial charge in [0.05, 0.1) is 10.7 Å². The second kappa shape index (κ2) is 6.58. The van der Waals surface area contributed by atoms with Crippen LogP contribution in [0.1, 0.15) is 11.7 Å². The Hall–Kier alpha value is -3.23. The summed E-state index contributed by atoms with van der Waals surface area (Å²) in [5.41, 5.74) is 1.81. The molecule has 3 aromatic carbocycles. The van der Waals surface area contributed by atoms with Crippen molar-refractivity contribution in [1.29, 1.82) is 5.26 Å². The number of anilines is 1. The minimum atomic E-state index is -0.445. The molecule has 0 spiro atoms. The summed E-state index contributed by atoms with van der Waals surface area (Å²) in [7, 11) is 0. The van der Waals surface area contributed by atoms with Crippen LogP contribution in [0.5, 0.6) is 0 Å². The first-order valence-corrected chi connectivity index (χ1v) is 8.61. The number of benzene rings is 3. The minimum Gasteiger partial charge on any atom is -0.327 e. The molecule has 5 heteroatoms. The molecule has 26 heavy (non-hydrogen) atoms. The van der Waals surface area contributed by atoms with Gasteiger partial charge in [0.1, 0.15) is 17.8 Å². The van der Waals surface area contributed by atoms with Crippen molar-refractivity contribution in [2.75, 3.05) is 4.90 Å². The lowest BCUT2D eigenvalue weighted by molar-refractivity contribution is -0.118. The molecule has 0 saturated heterocycles. The van der Waals surface area contributed by atoms with Gasteiger partial charge >= 0.3 is 0 Å². The molecule has 1 heterocycles. The zero-order valence-electron chi connectivity index (χ0n) is 13.8. The summed E-state index contributed by atoms with van der Waals surface area (Å²) in [6, 6.07) is 25.6. The van der Waals surface area contributed by atoms with Gasteiger partial charge in [-0.25, -0.2) is 0 Å². The number of carbonyl (C=O) groups is 1. The third kappa shape index (κ3) is 2.61. The van der Waals surface area contributed by atoms with Gasteiger partial charge in [0.15, 0.2) is 0 Å². The van der Waals surface area contributed by atoms with Gasteiger partial charge in [-0.15, -0.1) is 12.6 Å². The number of rotatable bonds is 2. The van der Waals surface area contributed by atoms with Crippen LogP contribution in [0.2, 0.25) is 0 Å². The van der Waals surface area contributed by atoms with E-state index in [9.17, 15) is 10.1 Å². The van der Waals surface area contributed by atoms with Gasteiger partial charge in [-0.2, -0.15) is 5.26 Å². The number of hydrogen-bond acceptors (Lipinski definition) is 4. The number of amides is 1. The molecule has 0 unspecified atom stereocenters.